The van der Waals surface area contributed by atoms with Crippen LogP contribution in [0.3, 0.4) is 0 Å². The number of nitrogens with two attached hydrogens (primary N) is 1. The lowest BCUT2D eigenvalue weighted by atomic mass is 9.98. The summed E-state index contributed by atoms with van der Waals surface area (Å²) in [5.74, 6) is 5.51. The molecule has 3 N–H and O–H groups in total. The molecule has 0 heterocycles. The van der Waals surface area contributed by atoms with Gasteiger partial charge in [0.2, 0.25) is 0 Å². The predicted molar refractivity (Wildman–Crippen MR) is 76.7 cm³/mol. The number of rotatable bonds is 4. The van der Waals surface area contributed by atoms with Crippen LogP contribution in [-0.4, -0.2) is 0 Å². The smallest absolute Gasteiger partial charge is 0.271 e. The second-order valence-corrected chi connectivity index (χ2v) is 5.11. The van der Waals surface area contributed by atoms with Crippen LogP contribution >= 0.6 is 11.6 Å². The number of hydrogen-bond donors (Lipinski definition) is 2. The van der Waals surface area contributed by atoms with Crippen LogP contribution in [0.2, 0.25) is 5.02 Å². The Labute approximate surface area is 125 Å². The molecule has 0 spiro atoms. The van der Waals surface area contributed by atoms with Gasteiger partial charge in [-0.3, -0.25) is 11.3 Å². The zero-order chi connectivity index (χ0) is 15.5. The number of halogens is 4. The molecular formula is C15H14ClF3N2. The van der Waals surface area contributed by atoms with Gasteiger partial charge in [-0.15, -0.1) is 0 Å². The number of nitrogens with one attached hydrogen (secondary N) is 1. The molecule has 0 aliphatic carbocycles. The molecule has 2 aromatic rings. The van der Waals surface area contributed by atoms with E-state index in [4.69, 9.17) is 17.4 Å². The fourth-order valence-corrected chi connectivity index (χ4v) is 2.31. The van der Waals surface area contributed by atoms with Crippen LogP contribution in [0.5, 0.6) is 0 Å². The summed E-state index contributed by atoms with van der Waals surface area (Å²) in [5, 5.41) is 0.553. The molecule has 2 aromatic carbocycles. The lowest BCUT2D eigenvalue weighted by molar-refractivity contribution is -0.137. The van der Waals surface area contributed by atoms with Crippen molar-refractivity contribution in [1.29, 1.82) is 0 Å². The van der Waals surface area contributed by atoms with Gasteiger partial charge in [0.25, 0.3) is 0 Å². The molecule has 0 aromatic heterocycles. The Hall–Kier alpha value is -1.56. The number of benzene rings is 2. The van der Waals surface area contributed by atoms with Gasteiger partial charge in [-0.2, -0.15) is 13.2 Å². The first kappa shape index (κ1) is 15.8. The standard InChI is InChI=1S/C15H14ClF3N2/c16-13-6-2-4-11(9-13)14(21-20)8-10-3-1-5-12(7-10)15(17,18)19/h1-7,9,14,21H,8,20H2. The monoisotopic (exact) mass is 314 g/mol. The van der Waals surface area contributed by atoms with Crippen LogP contribution in [0.15, 0.2) is 48.5 Å². The Bertz CT molecular complexity index is 614. The summed E-state index contributed by atoms with van der Waals surface area (Å²) in [4.78, 5) is 0. The first-order valence-corrected chi connectivity index (χ1v) is 6.65. The Kier molecular flexibility index (Phi) is 4.88. The highest BCUT2D eigenvalue weighted by molar-refractivity contribution is 6.30. The highest BCUT2D eigenvalue weighted by Gasteiger charge is 2.30. The molecule has 2 rings (SSSR count). The van der Waals surface area contributed by atoms with Gasteiger partial charge < -0.3 is 0 Å². The molecule has 0 radical (unpaired) electrons. The van der Waals surface area contributed by atoms with Crippen molar-refractivity contribution in [2.75, 3.05) is 0 Å². The van der Waals surface area contributed by atoms with Crippen molar-refractivity contribution in [3.8, 4) is 0 Å². The first-order chi connectivity index (χ1) is 9.90. The zero-order valence-corrected chi connectivity index (χ0v) is 11.7. The van der Waals surface area contributed by atoms with E-state index < -0.39 is 11.7 Å². The average molecular weight is 315 g/mol. The molecule has 1 atom stereocenters. The molecule has 0 fully saturated rings. The van der Waals surface area contributed by atoms with E-state index in [2.05, 4.69) is 5.43 Å². The highest BCUT2D eigenvalue weighted by atomic mass is 35.5. The van der Waals surface area contributed by atoms with Gasteiger partial charge in [0.1, 0.15) is 0 Å². The molecule has 0 aliphatic rings. The fourth-order valence-electron chi connectivity index (χ4n) is 2.11. The third kappa shape index (κ3) is 4.20. The van der Waals surface area contributed by atoms with Crippen molar-refractivity contribution >= 4 is 11.6 Å². The molecule has 0 bridgehead atoms. The second kappa shape index (κ2) is 6.47. The maximum atomic E-state index is 12.7. The van der Waals surface area contributed by atoms with Gasteiger partial charge in [-0.25, -0.2) is 0 Å². The van der Waals surface area contributed by atoms with Crippen molar-refractivity contribution < 1.29 is 13.2 Å². The summed E-state index contributed by atoms with van der Waals surface area (Å²) >= 11 is 5.92. The molecular weight excluding hydrogens is 301 g/mol. The van der Waals surface area contributed by atoms with E-state index in [1.54, 1.807) is 24.3 Å². The lowest BCUT2D eigenvalue weighted by Crippen LogP contribution is -2.29. The van der Waals surface area contributed by atoms with E-state index in [1.807, 2.05) is 6.07 Å². The van der Waals surface area contributed by atoms with Crippen LogP contribution in [-0.2, 0) is 12.6 Å². The molecule has 6 heteroatoms. The van der Waals surface area contributed by atoms with Crippen LogP contribution in [0.25, 0.3) is 0 Å². The van der Waals surface area contributed by atoms with Crippen molar-refractivity contribution in [3.63, 3.8) is 0 Å². The zero-order valence-electron chi connectivity index (χ0n) is 11.0. The normalized spacial score (nSPS) is 13.2. The van der Waals surface area contributed by atoms with Gasteiger partial charge in [-0.05, 0) is 35.7 Å². The van der Waals surface area contributed by atoms with E-state index in [9.17, 15) is 13.2 Å². The largest absolute Gasteiger partial charge is 0.416 e. The summed E-state index contributed by atoms with van der Waals surface area (Å²) in [6.45, 7) is 0. The van der Waals surface area contributed by atoms with Crippen LogP contribution in [0.1, 0.15) is 22.7 Å². The Balaban J connectivity index is 2.23. The summed E-state index contributed by atoms with van der Waals surface area (Å²) in [7, 11) is 0. The van der Waals surface area contributed by atoms with E-state index in [0.717, 1.165) is 17.7 Å². The lowest BCUT2D eigenvalue weighted by Gasteiger charge is -2.17. The van der Waals surface area contributed by atoms with E-state index in [-0.39, 0.29) is 6.04 Å². The molecule has 2 nitrogen and oxygen atoms in total. The fraction of sp³-hybridized carbons (Fsp3) is 0.200. The third-order valence-electron chi connectivity index (χ3n) is 3.15. The first-order valence-electron chi connectivity index (χ1n) is 6.28. The molecule has 0 amide bonds. The van der Waals surface area contributed by atoms with Gasteiger partial charge in [0.15, 0.2) is 0 Å². The van der Waals surface area contributed by atoms with Crippen molar-refractivity contribution in [2.24, 2.45) is 5.84 Å². The second-order valence-electron chi connectivity index (χ2n) is 4.68. The predicted octanol–water partition coefficient (Wildman–Crippen LogP) is 4.11. The highest BCUT2D eigenvalue weighted by Crippen LogP contribution is 2.30. The number of hydrogen-bond acceptors (Lipinski definition) is 2. The molecule has 0 aliphatic heterocycles. The third-order valence-corrected chi connectivity index (χ3v) is 3.38. The Morgan fingerprint density at radius 2 is 1.81 bits per heavy atom. The van der Waals surface area contributed by atoms with Crippen LogP contribution < -0.4 is 11.3 Å². The van der Waals surface area contributed by atoms with Gasteiger partial charge in [0.05, 0.1) is 11.6 Å². The van der Waals surface area contributed by atoms with Gasteiger partial charge in [-0.1, -0.05) is 41.9 Å². The molecule has 0 saturated carbocycles. The van der Waals surface area contributed by atoms with Crippen LogP contribution in [0, 0.1) is 0 Å². The van der Waals surface area contributed by atoms with Crippen molar-refractivity contribution in [2.45, 2.75) is 18.6 Å². The maximum Gasteiger partial charge on any atom is 0.416 e. The minimum atomic E-state index is -4.35. The van der Waals surface area contributed by atoms with E-state index >= 15 is 0 Å². The quantitative estimate of drug-likeness (QED) is 0.658. The minimum absolute atomic E-state index is 0.313. The molecule has 0 saturated heterocycles. The summed E-state index contributed by atoms with van der Waals surface area (Å²) in [6, 6.07) is 12.0. The van der Waals surface area contributed by atoms with E-state index in [0.29, 0.717) is 17.0 Å². The topological polar surface area (TPSA) is 38.0 Å². The molecule has 1 unspecified atom stereocenters. The summed E-state index contributed by atoms with van der Waals surface area (Å²) in [6.07, 6.45) is -4.02. The Morgan fingerprint density at radius 1 is 1.10 bits per heavy atom. The van der Waals surface area contributed by atoms with Crippen molar-refractivity contribution in [1.82, 2.24) is 5.43 Å². The van der Waals surface area contributed by atoms with Gasteiger partial charge in [0, 0.05) is 5.02 Å². The number of alkyl halides is 3. The van der Waals surface area contributed by atoms with Crippen LogP contribution in [0.4, 0.5) is 13.2 Å². The molecule has 21 heavy (non-hydrogen) atoms. The van der Waals surface area contributed by atoms with Crippen molar-refractivity contribution in [3.05, 3.63) is 70.2 Å². The van der Waals surface area contributed by atoms with Gasteiger partial charge >= 0.3 is 6.18 Å². The SMILES string of the molecule is NNC(Cc1cccc(C(F)(F)F)c1)c1cccc(Cl)c1. The minimum Gasteiger partial charge on any atom is -0.271 e. The Morgan fingerprint density at radius 3 is 2.43 bits per heavy atom. The number of hydrazine groups is 1. The summed E-state index contributed by atoms with van der Waals surface area (Å²) in [5.41, 5.74) is 3.32. The average Bonchev–Trinajstić information content (AvgIpc) is 2.44. The van der Waals surface area contributed by atoms with E-state index in [1.165, 1.54) is 6.07 Å². The summed E-state index contributed by atoms with van der Waals surface area (Å²) < 4.78 is 38.1. The maximum absolute atomic E-state index is 12.7. The molecule has 112 valence electrons.